The molecule has 0 spiro atoms. The molecule has 9 nitrogen and oxygen atoms in total. The summed E-state index contributed by atoms with van der Waals surface area (Å²) < 4.78 is 0. The first-order valence-corrected chi connectivity index (χ1v) is 4.22. The van der Waals surface area contributed by atoms with Gasteiger partial charge in [-0.15, -0.1) is 0 Å². The number of rotatable bonds is 5. The molecule has 4 N–H and O–H groups in total. The summed E-state index contributed by atoms with van der Waals surface area (Å²) in [6.07, 6.45) is 1.20. The lowest BCUT2D eigenvalue weighted by Gasteiger charge is -2.02. The molecule has 1 aromatic heterocycles. The van der Waals surface area contributed by atoms with Gasteiger partial charge in [0.2, 0.25) is 5.91 Å². The highest BCUT2D eigenvalue weighted by molar-refractivity contribution is 5.94. The zero-order chi connectivity index (χ0) is 12.0. The Bertz CT molecular complexity index is 387. The van der Waals surface area contributed by atoms with Crippen molar-refractivity contribution in [2.75, 3.05) is 13.1 Å². The summed E-state index contributed by atoms with van der Waals surface area (Å²) in [5, 5.41) is 21.7. The second-order valence-corrected chi connectivity index (χ2v) is 2.71. The molecule has 0 radical (unpaired) electrons. The summed E-state index contributed by atoms with van der Waals surface area (Å²) in [5.41, 5.74) is 0.0473. The van der Waals surface area contributed by atoms with E-state index in [0.29, 0.717) is 0 Å². The van der Waals surface area contributed by atoms with E-state index in [-0.39, 0.29) is 12.2 Å². The van der Waals surface area contributed by atoms with Crippen LogP contribution >= 0.6 is 0 Å². The Labute approximate surface area is 89.2 Å². The van der Waals surface area contributed by atoms with Gasteiger partial charge in [0.05, 0.1) is 12.7 Å². The maximum absolute atomic E-state index is 11.2. The van der Waals surface area contributed by atoms with Crippen molar-refractivity contribution in [3.05, 3.63) is 11.9 Å². The van der Waals surface area contributed by atoms with Gasteiger partial charge >= 0.3 is 5.97 Å². The van der Waals surface area contributed by atoms with Crippen molar-refractivity contribution in [3.63, 3.8) is 0 Å². The Morgan fingerprint density at radius 3 is 2.62 bits per heavy atom. The highest BCUT2D eigenvalue weighted by Crippen LogP contribution is 1.86. The normalized spacial score (nSPS) is 9.50. The molecular formula is C7H9N5O4. The number of carbonyl (C=O) groups excluding carboxylic acids is 2. The molecule has 0 fully saturated rings. The predicted molar refractivity (Wildman–Crippen MR) is 49.4 cm³/mol. The van der Waals surface area contributed by atoms with Gasteiger partial charge in [-0.05, 0) is 0 Å². The van der Waals surface area contributed by atoms with Crippen LogP contribution in [-0.4, -0.2) is 51.4 Å². The summed E-state index contributed by atoms with van der Waals surface area (Å²) in [5.74, 6) is -2.32. The Hall–Kier alpha value is -2.45. The molecule has 0 unspecified atom stereocenters. The van der Waals surface area contributed by atoms with Crippen LogP contribution in [0.1, 0.15) is 10.5 Å². The topological polar surface area (TPSA) is 137 Å². The monoisotopic (exact) mass is 227 g/mol. The van der Waals surface area contributed by atoms with Gasteiger partial charge < -0.3 is 15.7 Å². The summed E-state index contributed by atoms with van der Waals surface area (Å²) >= 11 is 0. The van der Waals surface area contributed by atoms with Gasteiger partial charge in [0.25, 0.3) is 5.91 Å². The van der Waals surface area contributed by atoms with Crippen molar-refractivity contribution in [3.8, 4) is 0 Å². The van der Waals surface area contributed by atoms with E-state index in [1.54, 1.807) is 0 Å². The first-order valence-electron chi connectivity index (χ1n) is 4.22. The number of hydrogen-bond donors (Lipinski definition) is 4. The third-order valence-corrected chi connectivity index (χ3v) is 1.49. The van der Waals surface area contributed by atoms with Crippen molar-refractivity contribution in [1.82, 2.24) is 26.0 Å². The number of H-pyrrole nitrogens is 1. The van der Waals surface area contributed by atoms with Gasteiger partial charge in [-0.25, -0.2) is 0 Å². The van der Waals surface area contributed by atoms with Crippen LogP contribution in [-0.2, 0) is 9.59 Å². The molecule has 86 valence electrons. The van der Waals surface area contributed by atoms with Gasteiger partial charge in [-0.2, -0.15) is 15.4 Å². The van der Waals surface area contributed by atoms with E-state index < -0.39 is 24.3 Å². The van der Waals surface area contributed by atoms with E-state index in [9.17, 15) is 14.4 Å². The smallest absolute Gasteiger partial charge is 0.322 e. The standard InChI is InChI=1S/C7H9N5O4/c13-5(8-3-6(14)15)2-9-7(16)4-1-10-12-11-4/h1H,2-3H2,(H,8,13)(H,9,16)(H,14,15)(H,10,11,12). The number of carboxylic acid groups (broad SMARTS) is 1. The van der Waals surface area contributed by atoms with Gasteiger partial charge in [-0.1, -0.05) is 0 Å². The number of hydrogen-bond acceptors (Lipinski definition) is 5. The van der Waals surface area contributed by atoms with Crippen molar-refractivity contribution in [2.24, 2.45) is 0 Å². The van der Waals surface area contributed by atoms with Crippen LogP contribution in [0.4, 0.5) is 0 Å². The zero-order valence-electron chi connectivity index (χ0n) is 8.06. The second-order valence-electron chi connectivity index (χ2n) is 2.71. The fourth-order valence-corrected chi connectivity index (χ4v) is 0.799. The minimum atomic E-state index is -1.16. The van der Waals surface area contributed by atoms with E-state index in [2.05, 4.69) is 26.0 Å². The Kier molecular flexibility index (Phi) is 3.95. The van der Waals surface area contributed by atoms with Crippen LogP contribution in [0, 0.1) is 0 Å². The molecule has 0 atom stereocenters. The third kappa shape index (κ3) is 3.74. The maximum atomic E-state index is 11.2. The maximum Gasteiger partial charge on any atom is 0.322 e. The first-order chi connectivity index (χ1) is 7.59. The molecule has 0 aliphatic carbocycles. The van der Waals surface area contributed by atoms with Crippen LogP contribution < -0.4 is 10.6 Å². The molecule has 1 rings (SSSR count). The molecule has 0 saturated carbocycles. The fraction of sp³-hybridized carbons (Fsp3) is 0.286. The number of carboxylic acids is 1. The van der Waals surface area contributed by atoms with Gasteiger partial charge in [0.15, 0.2) is 5.69 Å². The van der Waals surface area contributed by atoms with E-state index in [0.717, 1.165) is 0 Å². The quantitative estimate of drug-likeness (QED) is 0.447. The SMILES string of the molecule is O=C(O)CNC(=O)CNC(=O)c1cn[nH]n1. The lowest BCUT2D eigenvalue weighted by atomic mass is 10.4. The number of carbonyl (C=O) groups is 3. The summed E-state index contributed by atoms with van der Waals surface area (Å²) in [6.45, 7) is -0.808. The highest BCUT2D eigenvalue weighted by atomic mass is 16.4. The van der Waals surface area contributed by atoms with Gasteiger partial charge in [0, 0.05) is 0 Å². The minimum Gasteiger partial charge on any atom is -0.480 e. The molecule has 0 aromatic carbocycles. The molecular weight excluding hydrogens is 218 g/mol. The number of nitrogens with zero attached hydrogens (tertiary/aromatic N) is 2. The Balaban J connectivity index is 2.27. The van der Waals surface area contributed by atoms with Crippen LogP contribution in [0.15, 0.2) is 6.20 Å². The third-order valence-electron chi connectivity index (χ3n) is 1.49. The molecule has 1 aromatic rings. The fourth-order valence-electron chi connectivity index (χ4n) is 0.799. The lowest BCUT2D eigenvalue weighted by molar-refractivity contribution is -0.137. The summed E-state index contributed by atoms with van der Waals surface area (Å²) in [7, 11) is 0. The average molecular weight is 227 g/mol. The second kappa shape index (κ2) is 5.44. The largest absolute Gasteiger partial charge is 0.480 e. The molecule has 0 saturated heterocycles. The van der Waals surface area contributed by atoms with Crippen LogP contribution in [0.2, 0.25) is 0 Å². The van der Waals surface area contributed by atoms with Crippen molar-refractivity contribution in [1.29, 1.82) is 0 Å². The lowest BCUT2D eigenvalue weighted by Crippen LogP contribution is -2.39. The molecule has 16 heavy (non-hydrogen) atoms. The molecule has 1 heterocycles. The van der Waals surface area contributed by atoms with Crippen LogP contribution in [0.3, 0.4) is 0 Å². The predicted octanol–water partition coefficient (Wildman–Crippen LogP) is -2.26. The van der Waals surface area contributed by atoms with Crippen LogP contribution in [0.5, 0.6) is 0 Å². The van der Waals surface area contributed by atoms with Crippen molar-refractivity contribution < 1.29 is 19.5 Å². The van der Waals surface area contributed by atoms with E-state index in [1.807, 2.05) is 0 Å². The van der Waals surface area contributed by atoms with Crippen molar-refractivity contribution >= 4 is 17.8 Å². The van der Waals surface area contributed by atoms with E-state index in [1.165, 1.54) is 6.20 Å². The minimum absolute atomic E-state index is 0.0473. The molecule has 2 amide bonds. The number of aromatic nitrogens is 3. The van der Waals surface area contributed by atoms with Crippen molar-refractivity contribution in [2.45, 2.75) is 0 Å². The summed E-state index contributed by atoms with van der Waals surface area (Å²) in [4.78, 5) is 32.3. The number of aromatic amines is 1. The Morgan fingerprint density at radius 2 is 2.06 bits per heavy atom. The number of amides is 2. The van der Waals surface area contributed by atoms with Crippen LogP contribution in [0.25, 0.3) is 0 Å². The van der Waals surface area contributed by atoms with E-state index >= 15 is 0 Å². The molecule has 9 heteroatoms. The zero-order valence-corrected chi connectivity index (χ0v) is 8.06. The highest BCUT2D eigenvalue weighted by Gasteiger charge is 2.10. The first kappa shape index (κ1) is 11.6. The summed E-state index contributed by atoms with van der Waals surface area (Å²) in [6, 6.07) is 0. The molecule has 0 bridgehead atoms. The van der Waals surface area contributed by atoms with Gasteiger partial charge in [0.1, 0.15) is 6.54 Å². The van der Waals surface area contributed by atoms with Gasteiger partial charge in [-0.3, -0.25) is 14.4 Å². The van der Waals surface area contributed by atoms with E-state index in [4.69, 9.17) is 5.11 Å². The number of aliphatic carboxylic acids is 1. The number of nitrogens with one attached hydrogen (secondary N) is 3. The molecule has 0 aliphatic rings. The molecule has 0 aliphatic heterocycles. The Morgan fingerprint density at radius 1 is 1.31 bits per heavy atom. The average Bonchev–Trinajstić information content (AvgIpc) is 2.76.